The molecule has 0 aliphatic heterocycles. The number of anilines is 2. The number of carbonyl (C=O) groups is 2. The Morgan fingerprint density at radius 2 is 1.90 bits per heavy atom. The maximum atomic E-state index is 12.3. The molecule has 0 aliphatic rings. The summed E-state index contributed by atoms with van der Waals surface area (Å²) in [5.41, 5.74) is 2.62. The third-order valence-corrected chi connectivity index (χ3v) is 5.02. The van der Waals surface area contributed by atoms with Gasteiger partial charge in [-0.15, -0.1) is 11.3 Å². The molecule has 0 fully saturated rings. The monoisotopic (exact) mass is 410 g/mol. The van der Waals surface area contributed by atoms with Crippen molar-refractivity contribution >= 4 is 34.0 Å². The summed E-state index contributed by atoms with van der Waals surface area (Å²) in [7, 11) is 0. The third kappa shape index (κ3) is 6.11. The average molecular weight is 410 g/mol. The molecule has 0 atom stereocenters. The fourth-order valence-electron chi connectivity index (χ4n) is 2.67. The highest BCUT2D eigenvalue weighted by Crippen LogP contribution is 2.18. The first-order valence-corrected chi connectivity index (χ1v) is 10.2. The minimum absolute atomic E-state index is 0.114. The summed E-state index contributed by atoms with van der Waals surface area (Å²) in [6.07, 6.45) is 4.79. The third-order valence-electron chi connectivity index (χ3n) is 4.22. The number of pyridine rings is 1. The Morgan fingerprint density at radius 3 is 2.59 bits per heavy atom. The van der Waals surface area contributed by atoms with Gasteiger partial charge in [0, 0.05) is 23.3 Å². The van der Waals surface area contributed by atoms with Crippen molar-refractivity contribution in [1.29, 1.82) is 0 Å². The zero-order valence-corrected chi connectivity index (χ0v) is 16.8. The van der Waals surface area contributed by atoms with Crippen LogP contribution in [0.5, 0.6) is 0 Å². The van der Waals surface area contributed by atoms with Crippen LogP contribution in [0.4, 0.5) is 10.8 Å². The smallest absolute Gasteiger partial charge is 0.258 e. The number of aromatic nitrogens is 2. The lowest BCUT2D eigenvalue weighted by molar-refractivity contribution is -0.115. The highest BCUT2D eigenvalue weighted by atomic mass is 32.1. The van der Waals surface area contributed by atoms with E-state index in [1.807, 2.05) is 24.3 Å². The summed E-state index contributed by atoms with van der Waals surface area (Å²) >= 11 is 1.24. The van der Waals surface area contributed by atoms with E-state index in [1.165, 1.54) is 35.2 Å². The maximum absolute atomic E-state index is 12.3. The minimum Gasteiger partial charge on any atom is -0.328 e. The number of thiazole rings is 1. The molecule has 3 N–H and O–H groups in total. The van der Waals surface area contributed by atoms with Gasteiger partial charge in [0.2, 0.25) is 11.5 Å². The van der Waals surface area contributed by atoms with Crippen LogP contribution < -0.4 is 16.2 Å². The summed E-state index contributed by atoms with van der Waals surface area (Å²) in [6, 6.07) is 10.6. The van der Waals surface area contributed by atoms with Crippen LogP contribution in [0.3, 0.4) is 0 Å². The number of unbranched alkanes of at least 4 members (excludes halogenated alkanes) is 1. The lowest BCUT2D eigenvalue weighted by Crippen LogP contribution is -2.16. The molecular weight excluding hydrogens is 388 g/mol. The number of hydrogen-bond donors (Lipinski definition) is 3. The SMILES string of the molecule is CCCCc1ccc(NC(=O)Cc2csc(NC(=O)c3ccc(=O)[nH]c3)n2)cc1. The van der Waals surface area contributed by atoms with Crippen LogP contribution in [0, 0.1) is 0 Å². The summed E-state index contributed by atoms with van der Waals surface area (Å²) < 4.78 is 0. The van der Waals surface area contributed by atoms with Crippen molar-refractivity contribution < 1.29 is 9.59 Å². The van der Waals surface area contributed by atoms with Gasteiger partial charge in [0.1, 0.15) is 0 Å². The second-order valence-corrected chi connectivity index (χ2v) is 7.42. The maximum Gasteiger partial charge on any atom is 0.258 e. The Morgan fingerprint density at radius 1 is 1.10 bits per heavy atom. The number of nitrogens with one attached hydrogen (secondary N) is 3. The molecule has 0 radical (unpaired) electrons. The fraction of sp³-hybridized carbons (Fsp3) is 0.238. The van der Waals surface area contributed by atoms with Crippen molar-refractivity contribution in [3.63, 3.8) is 0 Å². The first-order valence-electron chi connectivity index (χ1n) is 9.37. The van der Waals surface area contributed by atoms with Gasteiger partial charge in [-0.2, -0.15) is 0 Å². The predicted octanol–water partition coefficient (Wildman–Crippen LogP) is 3.61. The van der Waals surface area contributed by atoms with E-state index in [9.17, 15) is 14.4 Å². The molecule has 0 saturated carbocycles. The molecule has 0 saturated heterocycles. The topological polar surface area (TPSA) is 104 Å². The van der Waals surface area contributed by atoms with Gasteiger partial charge in [0.25, 0.3) is 5.91 Å². The predicted molar refractivity (Wildman–Crippen MR) is 115 cm³/mol. The Labute approximate surface area is 172 Å². The molecule has 150 valence electrons. The molecule has 0 spiro atoms. The second-order valence-electron chi connectivity index (χ2n) is 6.57. The molecule has 3 rings (SSSR count). The molecule has 8 heteroatoms. The van der Waals surface area contributed by atoms with E-state index in [1.54, 1.807) is 5.38 Å². The van der Waals surface area contributed by atoms with Gasteiger partial charge < -0.3 is 10.3 Å². The van der Waals surface area contributed by atoms with Gasteiger partial charge >= 0.3 is 0 Å². The molecule has 0 aliphatic carbocycles. The van der Waals surface area contributed by atoms with Crippen molar-refractivity contribution in [3.05, 3.63) is 75.1 Å². The quantitative estimate of drug-likeness (QED) is 0.528. The summed E-state index contributed by atoms with van der Waals surface area (Å²) in [5.74, 6) is -0.551. The van der Waals surface area contributed by atoms with Gasteiger partial charge in [0.15, 0.2) is 5.13 Å². The number of H-pyrrole nitrogens is 1. The lowest BCUT2D eigenvalue weighted by Gasteiger charge is -2.06. The molecule has 2 heterocycles. The van der Waals surface area contributed by atoms with E-state index < -0.39 is 0 Å². The Bertz CT molecular complexity index is 1020. The number of nitrogens with zero attached hydrogens (tertiary/aromatic N) is 1. The number of aryl methyl sites for hydroxylation is 1. The first-order chi connectivity index (χ1) is 14.0. The van der Waals surface area contributed by atoms with Crippen molar-refractivity contribution in [1.82, 2.24) is 9.97 Å². The summed E-state index contributed by atoms with van der Waals surface area (Å²) in [4.78, 5) is 42.2. The normalized spacial score (nSPS) is 10.5. The van der Waals surface area contributed by atoms with Gasteiger partial charge in [0.05, 0.1) is 17.7 Å². The molecule has 0 unspecified atom stereocenters. The highest BCUT2D eigenvalue weighted by Gasteiger charge is 2.11. The number of aromatic amines is 1. The van der Waals surface area contributed by atoms with Crippen LogP contribution in [-0.4, -0.2) is 21.8 Å². The largest absolute Gasteiger partial charge is 0.328 e. The number of rotatable bonds is 8. The number of carbonyl (C=O) groups excluding carboxylic acids is 2. The highest BCUT2D eigenvalue weighted by molar-refractivity contribution is 7.14. The number of amides is 2. The van der Waals surface area contributed by atoms with E-state index in [0.717, 1.165) is 24.9 Å². The van der Waals surface area contributed by atoms with E-state index in [0.29, 0.717) is 16.4 Å². The van der Waals surface area contributed by atoms with Crippen LogP contribution in [0.1, 0.15) is 41.4 Å². The average Bonchev–Trinajstić information content (AvgIpc) is 3.14. The van der Waals surface area contributed by atoms with Crippen molar-refractivity contribution in [2.45, 2.75) is 32.6 Å². The van der Waals surface area contributed by atoms with Crippen LogP contribution in [0.2, 0.25) is 0 Å². The molecule has 1 aromatic carbocycles. The van der Waals surface area contributed by atoms with Crippen LogP contribution in [0.25, 0.3) is 0 Å². The Kier molecular flexibility index (Phi) is 6.91. The van der Waals surface area contributed by atoms with Crippen molar-refractivity contribution in [2.75, 3.05) is 10.6 Å². The van der Waals surface area contributed by atoms with Crippen molar-refractivity contribution in [2.24, 2.45) is 0 Å². The fourth-order valence-corrected chi connectivity index (χ4v) is 3.38. The minimum atomic E-state index is -0.380. The van der Waals surface area contributed by atoms with Crippen molar-refractivity contribution in [3.8, 4) is 0 Å². The lowest BCUT2D eigenvalue weighted by atomic mass is 10.1. The molecule has 0 bridgehead atoms. The van der Waals surface area contributed by atoms with Crippen LogP contribution in [0.15, 0.2) is 52.8 Å². The number of hydrogen-bond acceptors (Lipinski definition) is 5. The molecular formula is C21H22N4O3S. The van der Waals surface area contributed by atoms with Crippen LogP contribution >= 0.6 is 11.3 Å². The Balaban J connectivity index is 1.52. The zero-order valence-electron chi connectivity index (χ0n) is 16.0. The standard InChI is InChI=1S/C21H22N4O3S/c1-2-3-4-14-5-8-16(9-6-14)23-19(27)11-17-13-29-21(24-17)25-20(28)15-7-10-18(26)22-12-15/h5-10,12-13H,2-4,11H2,1H3,(H,22,26)(H,23,27)(H,24,25,28). The van der Waals surface area contributed by atoms with E-state index >= 15 is 0 Å². The van der Waals surface area contributed by atoms with Gasteiger partial charge in [-0.1, -0.05) is 25.5 Å². The number of benzene rings is 1. The van der Waals surface area contributed by atoms with Gasteiger partial charge in [-0.25, -0.2) is 4.98 Å². The molecule has 2 amide bonds. The van der Waals surface area contributed by atoms with Gasteiger partial charge in [-0.3, -0.25) is 19.7 Å². The molecule has 2 aromatic heterocycles. The summed E-state index contributed by atoms with van der Waals surface area (Å²) in [5, 5.41) is 7.64. The molecule has 29 heavy (non-hydrogen) atoms. The summed E-state index contributed by atoms with van der Waals surface area (Å²) in [6.45, 7) is 2.16. The van der Waals surface area contributed by atoms with E-state index in [2.05, 4.69) is 27.5 Å². The second kappa shape index (κ2) is 9.79. The Hall–Kier alpha value is -3.26. The van der Waals surface area contributed by atoms with E-state index in [4.69, 9.17) is 0 Å². The zero-order chi connectivity index (χ0) is 20.6. The van der Waals surface area contributed by atoms with E-state index in [-0.39, 0.29) is 23.8 Å². The van der Waals surface area contributed by atoms with Crippen LogP contribution in [-0.2, 0) is 17.6 Å². The first kappa shape index (κ1) is 20.5. The molecule has 3 aromatic rings. The molecule has 7 nitrogen and oxygen atoms in total. The van der Waals surface area contributed by atoms with Gasteiger partial charge in [-0.05, 0) is 36.6 Å².